The van der Waals surface area contributed by atoms with Gasteiger partial charge in [-0.3, -0.25) is 4.79 Å². The van der Waals surface area contributed by atoms with Crippen molar-refractivity contribution in [2.75, 3.05) is 0 Å². The minimum Gasteiger partial charge on any atom is -0.480 e. The van der Waals surface area contributed by atoms with E-state index >= 15 is 0 Å². The van der Waals surface area contributed by atoms with Crippen molar-refractivity contribution >= 4 is 5.97 Å². The van der Waals surface area contributed by atoms with E-state index in [1.807, 2.05) is 18.2 Å². The number of alkyl halides is 2. The summed E-state index contributed by atoms with van der Waals surface area (Å²) in [5.74, 6) is -3.41. The van der Waals surface area contributed by atoms with Crippen LogP contribution in [0.5, 0.6) is 0 Å². The summed E-state index contributed by atoms with van der Waals surface area (Å²) in [6, 6.07) is 9.53. The standard InChI is InChI=1S/C19H25F2NO2/c20-19(21)11-13(12-19)10-17(18(23)24)22-16-9-5-4-8-15(16)14-6-2-1-3-7-14/h1-3,6-7,13,15-17,22H,4-5,8-12H2,(H,23,24). The number of carbonyl (C=O) groups is 1. The molecule has 5 heteroatoms. The van der Waals surface area contributed by atoms with Gasteiger partial charge in [-0.1, -0.05) is 43.2 Å². The van der Waals surface area contributed by atoms with E-state index in [4.69, 9.17) is 0 Å². The van der Waals surface area contributed by atoms with Crippen molar-refractivity contribution in [2.24, 2.45) is 5.92 Å². The van der Waals surface area contributed by atoms with Crippen LogP contribution in [-0.4, -0.2) is 29.1 Å². The Morgan fingerprint density at radius 2 is 1.88 bits per heavy atom. The second-order valence-corrected chi connectivity index (χ2v) is 7.33. The lowest BCUT2D eigenvalue weighted by atomic mass is 9.76. The molecule has 3 nitrogen and oxygen atoms in total. The normalized spacial score (nSPS) is 28.1. The molecule has 132 valence electrons. The van der Waals surface area contributed by atoms with E-state index in [1.165, 1.54) is 5.56 Å². The predicted molar refractivity (Wildman–Crippen MR) is 88.3 cm³/mol. The summed E-state index contributed by atoms with van der Waals surface area (Å²) < 4.78 is 26.0. The Kier molecular flexibility index (Phi) is 5.18. The zero-order valence-electron chi connectivity index (χ0n) is 13.8. The van der Waals surface area contributed by atoms with E-state index in [0.717, 1.165) is 25.7 Å². The quantitative estimate of drug-likeness (QED) is 0.818. The molecule has 24 heavy (non-hydrogen) atoms. The monoisotopic (exact) mass is 337 g/mol. The fraction of sp³-hybridized carbons (Fsp3) is 0.632. The van der Waals surface area contributed by atoms with Crippen LogP contribution in [0.25, 0.3) is 0 Å². The second-order valence-electron chi connectivity index (χ2n) is 7.33. The average molecular weight is 337 g/mol. The molecule has 2 saturated carbocycles. The molecule has 0 heterocycles. The minimum atomic E-state index is -2.59. The molecule has 1 aromatic rings. The maximum Gasteiger partial charge on any atom is 0.320 e. The fourth-order valence-corrected chi connectivity index (χ4v) is 4.21. The van der Waals surface area contributed by atoms with Gasteiger partial charge in [0, 0.05) is 18.9 Å². The molecule has 2 aliphatic carbocycles. The molecular weight excluding hydrogens is 312 g/mol. The zero-order chi connectivity index (χ0) is 17.2. The van der Waals surface area contributed by atoms with Gasteiger partial charge in [0.2, 0.25) is 5.92 Å². The van der Waals surface area contributed by atoms with Gasteiger partial charge in [-0.05, 0) is 36.7 Å². The second kappa shape index (κ2) is 7.18. The number of hydrogen-bond acceptors (Lipinski definition) is 2. The maximum absolute atomic E-state index is 13.0. The minimum absolute atomic E-state index is 0.0998. The molecule has 1 aromatic carbocycles. The van der Waals surface area contributed by atoms with Crippen LogP contribution in [0, 0.1) is 5.92 Å². The van der Waals surface area contributed by atoms with E-state index in [-0.39, 0.29) is 24.8 Å². The van der Waals surface area contributed by atoms with Gasteiger partial charge >= 0.3 is 5.97 Å². The van der Waals surface area contributed by atoms with Gasteiger partial charge in [0.25, 0.3) is 0 Å². The highest BCUT2D eigenvalue weighted by molar-refractivity contribution is 5.73. The third-order valence-electron chi connectivity index (χ3n) is 5.45. The van der Waals surface area contributed by atoms with Crippen molar-refractivity contribution in [1.29, 1.82) is 0 Å². The first-order chi connectivity index (χ1) is 11.4. The van der Waals surface area contributed by atoms with Gasteiger partial charge in [0.05, 0.1) is 0 Å². The summed E-state index contributed by atoms with van der Waals surface area (Å²) in [6.07, 6.45) is 4.14. The number of carboxylic acids is 1. The molecule has 0 amide bonds. The lowest BCUT2D eigenvalue weighted by Crippen LogP contribution is -2.49. The van der Waals surface area contributed by atoms with Crippen LogP contribution in [0.2, 0.25) is 0 Å². The largest absolute Gasteiger partial charge is 0.480 e. The van der Waals surface area contributed by atoms with Gasteiger partial charge in [-0.25, -0.2) is 8.78 Å². The van der Waals surface area contributed by atoms with Crippen molar-refractivity contribution in [2.45, 2.75) is 68.9 Å². The summed E-state index contributed by atoms with van der Waals surface area (Å²) in [7, 11) is 0. The van der Waals surface area contributed by atoms with Crippen LogP contribution in [0.1, 0.15) is 56.4 Å². The molecule has 3 unspecified atom stereocenters. The van der Waals surface area contributed by atoms with Gasteiger partial charge < -0.3 is 10.4 Å². The summed E-state index contributed by atoms with van der Waals surface area (Å²) in [5, 5.41) is 12.8. The molecule has 0 aromatic heterocycles. The fourth-order valence-electron chi connectivity index (χ4n) is 4.21. The number of nitrogens with one attached hydrogen (secondary N) is 1. The lowest BCUT2D eigenvalue weighted by molar-refractivity contribution is -0.144. The molecule has 2 fully saturated rings. The average Bonchev–Trinajstić information content (AvgIpc) is 2.53. The number of rotatable bonds is 6. The van der Waals surface area contributed by atoms with Crippen LogP contribution in [-0.2, 0) is 4.79 Å². The molecular formula is C19H25F2NO2. The number of hydrogen-bond donors (Lipinski definition) is 2. The van der Waals surface area contributed by atoms with E-state index in [9.17, 15) is 18.7 Å². The third-order valence-corrected chi connectivity index (χ3v) is 5.45. The van der Waals surface area contributed by atoms with E-state index in [0.29, 0.717) is 12.3 Å². The van der Waals surface area contributed by atoms with Crippen molar-refractivity contribution in [1.82, 2.24) is 5.32 Å². The molecule has 0 saturated heterocycles. The molecule has 0 bridgehead atoms. The van der Waals surface area contributed by atoms with Gasteiger partial charge in [0.1, 0.15) is 6.04 Å². The van der Waals surface area contributed by atoms with Crippen LogP contribution in [0.4, 0.5) is 8.78 Å². The zero-order valence-corrected chi connectivity index (χ0v) is 13.8. The Morgan fingerprint density at radius 1 is 1.21 bits per heavy atom. The molecule has 2 N–H and O–H groups in total. The third kappa shape index (κ3) is 4.12. The summed E-state index contributed by atoms with van der Waals surface area (Å²) >= 11 is 0. The number of aliphatic carboxylic acids is 1. The highest BCUT2D eigenvalue weighted by atomic mass is 19.3. The lowest BCUT2D eigenvalue weighted by Gasteiger charge is -2.39. The molecule has 0 spiro atoms. The molecule has 0 aliphatic heterocycles. The smallest absolute Gasteiger partial charge is 0.320 e. The molecule has 0 radical (unpaired) electrons. The first-order valence-electron chi connectivity index (χ1n) is 8.86. The summed E-state index contributed by atoms with van der Waals surface area (Å²) in [6.45, 7) is 0. The van der Waals surface area contributed by atoms with Crippen LogP contribution < -0.4 is 5.32 Å². The van der Waals surface area contributed by atoms with Crippen molar-refractivity contribution < 1.29 is 18.7 Å². The number of benzene rings is 1. The van der Waals surface area contributed by atoms with Gasteiger partial charge in [-0.2, -0.15) is 0 Å². The molecule has 3 rings (SSSR count). The van der Waals surface area contributed by atoms with Crippen LogP contribution >= 0.6 is 0 Å². The maximum atomic E-state index is 13.0. The number of halogens is 2. The Balaban J connectivity index is 1.65. The van der Waals surface area contributed by atoms with Crippen molar-refractivity contribution in [3.63, 3.8) is 0 Å². The molecule has 2 aliphatic rings. The Hall–Kier alpha value is -1.49. The topological polar surface area (TPSA) is 49.3 Å². The van der Waals surface area contributed by atoms with E-state index in [2.05, 4.69) is 17.4 Å². The van der Waals surface area contributed by atoms with E-state index in [1.54, 1.807) is 0 Å². The Morgan fingerprint density at radius 3 is 2.50 bits per heavy atom. The Bertz CT molecular complexity index is 556. The Labute approximate surface area is 141 Å². The van der Waals surface area contributed by atoms with Gasteiger partial charge in [-0.15, -0.1) is 0 Å². The highest BCUT2D eigenvalue weighted by Gasteiger charge is 2.46. The van der Waals surface area contributed by atoms with Gasteiger partial charge in [0.15, 0.2) is 0 Å². The van der Waals surface area contributed by atoms with Crippen molar-refractivity contribution in [3.8, 4) is 0 Å². The first-order valence-corrected chi connectivity index (χ1v) is 8.86. The van der Waals surface area contributed by atoms with Crippen molar-refractivity contribution in [3.05, 3.63) is 35.9 Å². The highest BCUT2D eigenvalue weighted by Crippen LogP contribution is 2.44. The van der Waals surface area contributed by atoms with E-state index < -0.39 is 17.9 Å². The van der Waals surface area contributed by atoms with Crippen LogP contribution in [0.3, 0.4) is 0 Å². The number of carboxylic acid groups (broad SMARTS) is 1. The predicted octanol–water partition coefficient (Wildman–Crippen LogP) is 4.19. The first kappa shape index (κ1) is 17.3. The summed E-state index contributed by atoms with van der Waals surface area (Å²) in [4.78, 5) is 11.6. The molecule has 3 atom stereocenters. The summed E-state index contributed by atoms with van der Waals surface area (Å²) in [5.41, 5.74) is 1.23. The van der Waals surface area contributed by atoms with Crippen LogP contribution in [0.15, 0.2) is 30.3 Å². The SMILES string of the molecule is O=C(O)C(CC1CC(F)(F)C1)NC1CCCCC1c1ccccc1.